The molecule has 0 bridgehead atoms. The molecule has 4 rings (SSSR count). The second kappa shape index (κ2) is 30.3. The molecule has 0 radical (unpaired) electrons. The van der Waals surface area contributed by atoms with Crippen molar-refractivity contribution < 1.29 is 86.8 Å². The van der Waals surface area contributed by atoms with Gasteiger partial charge in [-0.1, -0.05) is 11.3 Å². The topological polar surface area (TPSA) is 249 Å². The van der Waals surface area contributed by atoms with Crippen LogP contribution in [0.1, 0.15) is 34.7 Å². The van der Waals surface area contributed by atoms with E-state index in [4.69, 9.17) is 61.6 Å². The van der Waals surface area contributed by atoms with Crippen molar-refractivity contribution in [2.45, 2.75) is 48.9 Å². The molecule has 1 saturated heterocycles. The van der Waals surface area contributed by atoms with Gasteiger partial charge in [0.25, 0.3) is 0 Å². The molecule has 0 aliphatic carbocycles. The summed E-state index contributed by atoms with van der Waals surface area (Å²) in [5, 5.41) is 47.3. The van der Waals surface area contributed by atoms with Gasteiger partial charge >= 0.3 is 0 Å². The normalized spacial score (nSPS) is 19.2. The molecule has 0 amide bonds. The van der Waals surface area contributed by atoms with E-state index in [1.54, 1.807) is 42.1 Å². The summed E-state index contributed by atoms with van der Waals surface area (Å²) in [5.41, 5.74) is 1.94. The molecule has 21 nitrogen and oxygen atoms in total. The Hall–Kier alpha value is -3.98. The fraction of sp³-hybridized carbons (Fsp3) is 0.595. The average Bonchev–Trinajstić information content (AvgIpc) is 3.78. The molecule has 1 aliphatic rings. The van der Waals surface area contributed by atoms with Crippen molar-refractivity contribution >= 4 is 23.6 Å². The number of benzene rings is 2. The number of hydrogen-bond acceptors (Lipinski definition) is 21. The monoisotopic (exact) mass is 927 g/mol. The van der Waals surface area contributed by atoms with E-state index in [0.717, 1.165) is 5.56 Å². The minimum absolute atomic E-state index is 0.0273. The van der Waals surface area contributed by atoms with Gasteiger partial charge in [-0.3, -0.25) is 4.79 Å². The quantitative estimate of drug-likeness (QED) is 0.0379. The van der Waals surface area contributed by atoms with Crippen LogP contribution < -0.4 is 18.9 Å². The minimum atomic E-state index is -1.53. The van der Waals surface area contributed by atoms with Gasteiger partial charge in [-0.2, -0.15) is 11.8 Å². The highest BCUT2D eigenvalue weighted by Gasteiger charge is 2.44. The number of nitrogens with zero attached hydrogens (tertiary/aromatic N) is 3. The molecule has 4 N–H and O–H groups in total. The van der Waals surface area contributed by atoms with Crippen molar-refractivity contribution in [2.75, 3.05) is 114 Å². The van der Waals surface area contributed by atoms with Gasteiger partial charge in [-0.15, -0.1) is 5.10 Å². The van der Waals surface area contributed by atoms with E-state index < -0.39 is 37.3 Å². The van der Waals surface area contributed by atoms with Gasteiger partial charge in [-0.05, 0) is 41.5 Å². The van der Waals surface area contributed by atoms with Crippen LogP contribution in [0.15, 0.2) is 48.7 Å². The molecule has 64 heavy (non-hydrogen) atoms. The highest BCUT2D eigenvalue weighted by molar-refractivity contribution is 7.99. The molecule has 2 heterocycles. The maximum absolute atomic E-state index is 13.5. The van der Waals surface area contributed by atoms with Crippen molar-refractivity contribution in [1.29, 1.82) is 0 Å². The lowest BCUT2D eigenvalue weighted by molar-refractivity contribution is -0.254. The van der Waals surface area contributed by atoms with E-state index in [9.17, 15) is 25.2 Å². The molecule has 1 aliphatic heterocycles. The van der Waals surface area contributed by atoms with Crippen LogP contribution in [0, 0.1) is 0 Å². The van der Waals surface area contributed by atoms with Crippen molar-refractivity contribution in [3.63, 3.8) is 0 Å². The van der Waals surface area contributed by atoms with Crippen LogP contribution >= 0.6 is 11.8 Å². The number of hydrogen-bond donors (Lipinski definition) is 4. The van der Waals surface area contributed by atoms with Crippen molar-refractivity contribution in [3.05, 3.63) is 65.5 Å². The molecule has 3 aromatic rings. The number of ether oxygens (including phenoxy) is 13. The number of allylic oxidation sites excluding steroid dienone is 1. The number of ketones is 1. The van der Waals surface area contributed by atoms with Crippen LogP contribution in [-0.2, 0) is 54.0 Å². The summed E-state index contributed by atoms with van der Waals surface area (Å²) in [5.74, 6) is 2.49. The number of carbonyl (C=O) groups excluding carboxylic acids is 1. The first-order valence-electron chi connectivity index (χ1n) is 20.3. The third-order valence-corrected chi connectivity index (χ3v) is 10.2. The number of carbonyl (C=O) groups is 1. The number of aliphatic hydroxyl groups excluding tert-OH is 4. The minimum Gasteiger partial charge on any atom is -0.467 e. The first-order valence-corrected chi connectivity index (χ1v) is 21.4. The van der Waals surface area contributed by atoms with Gasteiger partial charge in [0.2, 0.25) is 0 Å². The number of thioether (sulfide) groups is 1. The first kappa shape index (κ1) is 52.6. The number of aliphatic hydroxyl groups is 4. The van der Waals surface area contributed by atoms with Gasteiger partial charge in [0.05, 0.1) is 65.7 Å². The lowest BCUT2D eigenvalue weighted by Crippen LogP contribution is -2.56. The number of methoxy groups -OCH3 is 4. The largest absolute Gasteiger partial charge is 0.467 e. The maximum atomic E-state index is 13.5. The predicted molar refractivity (Wildman–Crippen MR) is 228 cm³/mol. The first-order chi connectivity index (χ1) is 31.2. The summed E-state index contributed by atoms with van der Waals surface area (Å²) in [4.78, 5) is 13.5. The van der Waals surface area contributed by atoms with Crippen LogP contribution in [0.3, 0.4) is 0 Å². The van der Waals surface area contributed by atoms with Gasteiger partial charge in [0, 0.05) is 58.0 Å². The van der Waals surface area contributed by atoms with Crippen molar-refractivity contribution in [3.8, 4) is 23.0 Å². The highest BCUT2D eigenvalue weighted by Crippen LogP contribution is 2.37. The Labute approximate surface area is 376 Å². The molecular weight excluding hydrogens is 867 g/mol. The van der Waals surface area contributed by atoms with Crippen LogP contribution in [0.5, 0.6) is 23.0 Å². The zero-order valence-electron chi connectivity index (χ0n) is 36.5. The number of aromatic nitrogens is 3. The molecule has 1 fully saturated rings. The standard InChI is InChI=1S/C42H61N3O18S/c1-51-25-59-33-15-29(16-34(20-33)60-26-52-2)5-6-32(47)19-38(30-17-35(61-27-53-3)21-36(18-30)62-28-54-4)64-14-13-57-10-9-55-7-8-56-11-12-58-24-31-22-45(44-43-31)42-41(50)40(49)39(48)37(23-46)63-42/h5-6,15-18,20-22,37-42,46,48-50H,7-14,19,23-28H2,1-4H3/b6-5+/t37-,38?,39-,40+,41-,42-/m1/s1. The van der Waals surface area contributed by atoms with E-state index in [1.807, 2.05) is 12.1 Å². The zero-order chi connectivity index (χ0) is 45.9. The molecule has 2 aromatic carbocycles. The third-order valence-electron chi connectivity index (χ3n) is 9.00. The smallest absolute Gasteiger partial charge is 0.188 e. The average molecular weight is 928 g/mol. The SMILES string of the molecule is COCOc1cc(/C=C/C(=O)CC(SCCOCCOCCOCCOCc2cn([C@@H]3O[C@H](CO)[C@@H](O)[C@H](O)[C@H]3O)nn2)c2cc(OCOC)cc(OCOC)c2)cc(OCOC)c1. The Morgan fingerprint density at radius 1 is 0.719 bits per heavy atom. The molecular formula is C42H61N3O18S. The fourth-order valence-electron chi connectivity index (χ4n) is 5.91. The van der Waals surface area contributed by atoms with Gasteiger partial charge in [0.15, 0.2) is 39.2 Å². The van der Waals surface area contributed by atoms with E-state index in [2.05, 4.69) is 10.3 Å². The molecule has 1 unspecified atom stereocenters. The molecule has 22 heteroatoms. The van der Waals surface area contributed by atoms with Gasteiger partial charge in [-0.25, -0.2) is 4.68 Å². The van der Waals surface area contributed by atoms with Gasteiger partial charge in [0.1, 0.15) is 53.1 Å². The predicted octanol–water partition coefficient (Wildman–Crippen LogP) is 1.89. The van der Waals surface area contributed by atoms with Crippen LogP contribution in [0.2, 0.25) is 0 Å². The molecule has 358 valence electrons. The van der Waals surface area contributed by atoms with E-state index >= 15 is 0 Å². The lowest BCUT2D eigenvalue weighted by atomic mass is 9.98. The maximum Gasteiger partial charge on any atom is 0.188 e. The van der Waals surface area contributed by atoms with E-state index in [0.29, 0.717) is 79.6 Å². The van der Waals surface area contributed by atoms with E-state index in [1.165, 1.54) is 45.4 Å². The van der Waals surface area contributed by atoms with Crippen molar-refractivity contribution in [1.82, 2.24) is 15.0 Å². The Balaban J connectivity index is 1.19. The highest BCUT2D eigenvalue weighted by atomic mass is 32.2. The summed E-state index contributed by atoms with van der Waals surface area (Å²) in [6, 6.07) is 10.7. The Morgan fingerprint density at radius 2 is 1.23 bits per heavy atom. The lowest BCUT2D eigenvalue weighted by Gasteiger charge is -2.39. The zero-order valence-corrected chi connectivity index (χ0v) is 37.3. The Bertz CT molecular complexity index is 1730. The second-order valence-electron chi connectivity index (χ2n) is 13.8. The van der Waals surface area contributed by atoms with E-state index in [-0.39, 0.29) is 57.8 Å². The Morgan fingerprint density at radius 3 is 1.77 bits per heavy atom. The van der Waals surface area contributed by atoms with Crippen molar-refractivity contribution in [2.24, 2.45) is 0 Å². The summed E-state index contributed by atoms with van der Waals surface area (Å²) in [7, 11) is 6.10. The van der Waals surface area contributed by atoms with Crippen LogP contribution in [0.4, 0.5) is 0 Å². The third kappa shape index (κ3) is 18.5. The fourth-order valence-corrected chi connectivity index (χ4v) is 7.02. The van der Waals surface area contributed by atoms with Gasteiger partial charge < -0.3 is 82.0 Å². The summed E-state index contributed by atoms with van der Waals surface area (Å²) in [6.45, 7) is 2.09. The summed E-state index contributed by atoms with van der Waals surface area (Å²) >= 11 is 1.56. The molecule has 6 atom stereocenters. The Kier molecular flexibility index (Phi) is 24.9. The summed E-state index contributed by atoms with van der Waals surface area (Å²) < 4.78 is 72.3. The van der Waals surface area contributed by atoms with Crippen LogP contribution in [-0.4, -0.2) is 180 Å². The molecule has 1 aromatic heterocycles. The molecule has 0 saturated carbocycles. The molecule has 0 spiro atoms. The summed E-state index contributed by atoms with van der Waals surface area (Å²) in [6.07, 6.45) is -1.81. The number of rotatable bonds is 34. The second-order valence-corrected chi connectivity index (χ2v) is 15.2. The van der Waals surface area contributed by atoms with Crippen LogP contribution in [0.25, 0.3) is 6.08 Å².